The minimum Gasteiger partial charge on any atom is -0.492 e. The molecule has 17 heavy (non-hydrogen) atoms. The second-order valence-electron chi connectivity index (χ2n) is 5.16. The summed E-state index contributed by atoms with van der Waals surface area (Å²) >= 11 is 3.44. The molecule has 0 N–H and O–H groups in total. The number of ether oxygens (including phenoxy) is 1. The summed E-state index contributed by atoms with van der Waals surface area (Å²) in [5.41, 5.74) is 0.379. The highest BCUT2D eigenvalue weighted by Gasteiger charge is 2.49. The second-order valence-corrected chi connectivity index (χ2v) is 6.08. The largest absolute Gasteiger partial charge is 0.492 e. The van der Waals surface area contributed by atoms with Crippen molar-refractivity contribution in [2.45, 2.75) is 31.2 Å². The third-order valence-electron chi connectivity index (χ3n) is 3.93. The maximum Gasteiger partial charge on any atom is 0.119 e. The fraction of sp³-hybridized carbons (Fsp3) is 0.571. The van der Waals surface area contributed by atoms with Crippen LogP contribution in [-0.2, 0) is 0 Å². The molecule has 1 aliphatic carbocycles. The van der Waals surface area contributed by atoms with Gasteiger partial charge >= 0.3 is 0 Å². The first-order valence-electron chi connectivity index (χ1n) is 6.42. The van der Waals surface area contributed by atoms with Crippen molar-refractivity contribution in [1.29, 1.82) is 0 Å². The van der Waals surface area contributed by atoms with Crippen molar-refractivity contribution in [2.24, 2.45) is 0 Å². The first-order valence-corrected chi connectivity index (χ1v) is 7.21. The van der Waals surface area contributed by atoms with Crippen LogP contribution in [0.1, 0.15) is 25.7 Å². The summed E-state index contributed by atoms with van der Waals surface area (Å²) in [7, 11) is 0. The first kappa shape index (κ1) is 11.5. The molecule has 3 heteroatoms. The Bertz CT molecular complexity index is 380. The van der Waals surface area contributed by atoms with Crippen LogP contribution in [0.15, 0.2) is 28.7 Å². The molecule has 0 bridgehead atoms. The molecule has 3 rings (SSSR count). The van der Waals surface area contributed by atoms with Crippen molar-refractivity contribution in [3.63, 3.8) is 0 Å². The van der Waals surface area contributed by atoms with Gasteiger partial charge in [-0.2, -0.15) is 0 Å². The van der Waals surface area contributed by atoms with Gasteiger partial charge in [-0.05, 0) is 63.0 Å². The summed E-state index contributed by atoms with van der Waals surface area (Å²) in [4.78, 5) is 2.63. The highest BCUT2D eigenvalue weighted by molar-refractivity contribution is 9.10. The van der Waals surface area contributed by atoms with Crippen molar-refractivity contribution in [2.75, 3.05) is 19.7 Å². The average molecular weight is 296 g/mol. The molecule has 0 radical (unpaired) electrons. The molecular formula is C14H18BrNO. The van der Waals surface area contributed by atoms with Crippen LogP contribution in [0.25, 0.3) is 0 Å². The smallest absolute Gasteiger partial charge is 0.119 e. The van der Waals surface area contributed by atoms with Crippen LogP contribution in [0.3, 0.4) is 0 Å². The molecule has 1 aromatic carbocycles. The van der Waals surface area contributed by atoms with Crippen LogP contribution in [0.5, 0.6) is 5.75 Å². The summed E-state index contributed by atoms with van der Waals surface area (Å²) in [6.45, 7) is 3.39. The second kappa shape index (κ2) is 4.62. The number of rotatable bonds is 4. The van der Waals surface area contributed by atoms with E-state index in [0.29, 0.717) is 5.54 Å². The molecule has 1 aliphatic heterocycles. The summed E-state index contributed by atoms with van der Waals surface area (Å²) in [6.07, 6.45) is 5.34. The zero-order chi connectivity index (χ0) is 11.7. The van der Waals surface area contributed by atoms with Crippen LogP contribution >= 0.6 is 15.9 Å². The number of nitrogens with zero attached hydrogens (tertiary/aromatic N) is 1. The lowest BCUT2D eigenvalue weighted by atomic mass is 10.2. The monoisotopic (exact) mass is 295 g/mol. The van der Waals surface area contributed by atoms with E-state index < -0.39 is 0 Å². The van der Waals surface area contributed by atoms with Crippen molar-refractivity contribution in [3.05, 3.63) is 28.7 Å². The predicted molar refractivity (Wildman–Crippen MR) is 72.4 cm³/mol. The van der Waals surface area contributed by atoms with E-state index in [1.54, 1.807) is 0 Å². The predicted octanol–water partition coefficient (Wildman–Crippen LogP) is 3.46. The Balaban J connectivity index is 1.58. The first-order chi connectivity index (χ1) is 8.28. The summed E-state index contributed by atoms with van der Waals surface area (Å²) in [5, 5.41) is 0. The van der Waals surface area contributed by atoms with E-state index in [2.05, 4.69) is 20.8 Å². The molecule has 2 nitrogen and oxygen atoms in total. The Hall–Kier alpha value is -0.540. The number of benzene rings is 1. The summed E-state index contributed by atoms with van der Waals surface area (Å²) < 4.78 is 7.04. The van der Waals surface area contributed by atoms with Gasteiger partial charge in [0.05, 0.1) is 5.54 Å². The van der Waals surface area contributed by atoms with Gasteiger partial charge in [-0.15, -0.1) is 0 Å². The van der Waals surface area contributed by atoms with Crippen LogP contribution in [-0.4, -0.2) is 30.1 Å². The summed E-state index contributed by atoms with van der Waals surface area (Å²) in [5.74, 6) is 0.985. The van der Waals surface area contributed by atoms with Gasteiger partial charge in [0.1, 0.15) is 12.4 Å². The quantitative estimate of drug-likeness (QED) is 0.843. The van der Waals surface area contributed by atoms with Crippen molar-refractivity contribution < 1.29 is 4.74 Å². The standard InChI is InChI=1S/C14H18BrNO/c15-12-3-5-13(6-4-12)17-11-14(7-8-14)16-9-1-2-10-16/h3-6H,1-2,7-11H2. The minimum absolute atomic E-state index is 0.379. The van der Waals surface area contributed by atoms with Gasteiger partial charge in [0.2, 0.25) is 0 Å². The van der Waals surface area contributed by atoms with E-state index in [1.165, 1.54) is 38.8 Å². The number of likely N-dealkylation sites (tertiary alicyclic amines) is 1. The fourth-order valence-corrected chi connectivity index (χ4v) is 2.90. The lowest BCUT2D eigenvalue weighted by Gasteiger charge is -2.27. The van der Waals surface area contributed by atoms with Gasteiger partial charge in [-0.25, -0.2) is 0 Å². The Morgan fingerprint density at radius 2 is 1.76 bits per heavy atom. The van der Waals surface area contributed by atoms with Gasteiger partial charge in [0.25, 0.3) is 0 Å². The van der Waals surface area contributed by atoms with Crippen molar-refractivity contribution in [3.8, 4) is 5.75 Å². The Morgan fingerprint density at radius 1 is 1.12 bits per heavy atom. The Morgan fingerprint density at radius 3 is 2.35 bits per heavy atom. The number of hydrogen-bond acceptors (Lipinski definition) is 2. The zero-order valence-corrected chi connectivity index (χ0v) is 11.6. The Kier molecular flexibility index (Phi) is 3.14. The number of hydrogen-bond donors (Lipinski definition) is 0. The van der Waals surface area contributed by atoms with E-state index in [-0.39, 0.29) is 0 Å². The molecule has 1 aromatic rings. The number of halogens is 1. The van der Waals surface area contributed by atoms with Crippen LogP contribution in [0.4, 0.5) is 0 Å². The molecule has 0 unspecified atom stereocenters. The normalized spacial score (nSPS) is 22.6. The van der Waals surface area contributed by atoms with Gasteiger partial charge < -0.3 is 4.74 Å². The van der Waals surface area contributed by atoms with Crippen LogP contribution in [0, 0.1) is 0 Å². The van der Waals surface area contributed by atoms with Crippen molar-refractivity contribution in [1.82, 2.24) is 4.90 Å². The van der Waals surface area contributed by atoms with E-state index >= 15 is 0 Å². The molecule has 2 aliphatic rings. The van der Waals surface area contributed by atoms with Crippen LogP contribution in [0.2, 0.25) is 0 Å². The van der Waals surface area contributed by atoms with Gasteiger partial charge in [-0.3, -0.25) is 4.90 Å². The molecule has 2 fully saturated rings. The van der Waals surface area contributed by atoms with Crippen molar-refractivity contribution >= 4 is 15.9 Å². The highest BCUT2D eigenvalue weighted by atomic mass is 79.9. The Labute approximate surface area is 111 Å². The van der Waals surface area contributed by atoms with Gasteiger partial charge in [0, 0.05) is 4.47 Å². The van der Waals surface area contributed by atoms with E-state index in [4.69, 9.17) is 4.74 Å². The average Bonchev–Trinajstić information content (AvgIpc) is 2.93. The van der Waals surface area contributed by atoms with Gasteiger partial charge in [0.15, 0.2) is 0 Å². The fourth-order valence-electron chi connectivity index (χ4n) is 2.64. The SMILES string of the molecule is Brc1ccc(OCC2(N3CCCC3)CC2)cc1. The molecule has 1 saturated heterocycles. The molecule has 1 heterocycles. The minimum atomic E-state index is 0.379. The topological polar surface area (TPSA) is 12.5 Å². The van der Waals surface area contributed by atoms with Crippen LogP contribution < -0.4 is 4.74 Å². The highest BCUT2D eigenvalue weighted by Crippen LogP contribution is 2.43. The molecule has 0 spiro atoms. The zero-order valence-electron chi connectivity index (χ0n) is 9.99. The van der Waals surface area contributed by atoms with E-state index in [0.717, 1.165) is 16.8 Å². The third-order valence-corrected chi connectivity index (χ3v) is 4.45. The molecule has 92 valence electrons. The molecule has 1 saturated carbocycles. The molecule has 0 aromatic heterocycles. The summed E-state index contributed by atoms with van der Waals surface area (Å²) in [6, 6.07) is 8.13. The lowest BCUT2D eigenvalue weighted by molar-refractivity contribution is 0.141. The molecule has 0 atom stereocenters. The molecular weight excluding hydrogens is 278 g/mol. The van der Waals surface area contributed by atoms with E-state index in [9.17, 15) is 0 Å². The van der Waals surface area contributed by atoms with E-state index in [1.807, 2.05) is 24.3 Å². The maximum atomic E-state index is 5.94. The maximum absolute atomic E-state index is 5.94. The molecule has 0 amide bonds. The third kappa shape index (κ3) is 2.50. The lowest BCUT2D eigenvalue weighted by Crippen LogP contribution is -2.39. The van der Waals surface area contributed by atoms with Gasteiger partial charge in [-0.1, -0.05) is 15.9 Å².